The van der Waals surface area contributed by atoms with Gasteiger partial charge in [-0.1, -0.05) is 29.3 Å². The molecule has 1 nitrogen and oxygen atoms in total. The SMILES string of the molecule is Cc1ccc(Cl)c(CC(C)(C)N)c1. The highest BCUT2D eigenvalue weighted by Gasteiger charge is 2.13. The minimum Gasteiger partial charge on any atom is -0.325 e. The molecule has 0 atom stereocenters. The van der Waals surface area contributed by atoms with Crippen LogP contribution in [0.25, 0.3) is 0 Å². The first-order chi connectivity index (χ1) is 5.88. The lowest BCUT2D eigenvalue weighted by Crippen LogP contribution is -2.34. The summed E-state index contributed by atoms with van der Waals surface area (Å²) in [6.07, 6.45) is 0.813. The largest absolute Gasteiger partial charge is 0.325 e. The van der Waals surface area contributed by atoms with Crippen LogP contribution >= 0.6 is 11.6 Å². The molecule has 0 saturated carbocycles. The van der Waals surface area contributed by atoms with Crippen molar-refractivity contribution in [1.82, 2.24) is 0 Å². The Morgan fingerprint density at radius 3 is 2.54 bits per heavy atom. The first kappa shape index (κ1) is 10.6. The Morgan fingerprint density at radius 2 is 2.00 bits per heavy atom. The van der Waals surface area contributed by atoms with E-state index in [0.717, 1.165) is 17.0 Å². The highest BCUT2D eigenvalue weighted by molar-refractivity contribution is 6.31. The third kappa shape index (κ3) is 3.37. The molecule has 0 aromatic heterocycles. The minimum absolute atomic E-state index is 0.197. The number of rotatable bonds is 2. The van der Waals surface area contributed by atoms with Gasteiger partial charge in [-0.3, -0.25) is 0 Å². The van der Waals surface area contributed by atoms with Crippen molar-refractivity contribution in [1.29, 1.82) is 0 Å². The van der Waals surface area contributed by atoms with E-state index in [1.807, 2.05) is 26.0 Å². The zero-order valence-corrected chi connectivity index (χ0v) is 9.15. The Bertz CT molecular complexity index is 299. The third-order valence-corrected chi connectivity index (χ3v) is 2.22. The predicted molar refractivity (Wildman–Crippen MR) is 58.2 cm³/mol. The fourth-order valence-electron chi connectivity index (χ4n) is 1.33. The number of benzene rings is 1. The molecule has 0 saturated heterocycles. The monoisotopic (exact) mass is 197 g/mol. The Hall–Kier alpha value is -0.530. The van der Waals surface area contributed by atoms with Crippen LogP contribution in [-0.2, 0) is 6.42 Å². The lowest BCUT2D eigenvalue weighted by Gasteiger charge is -2.19. The van der Waals surface area contributed by atoms with Crippen LogP contribution in [0, 0.1) is 6.92 Å². The molecule has 13 heavy (non-hydrogen) atoms. The second-order valence-electron chi connectivity index (χ2n) is 4.26. The first-order valence-electron chi connectivity index (χ1n) is 4.42. The summed E-state index contributed by atoms with van der Waals surface area (Å²) in [4.78, 5) is 0. The smallest absolute Gasteiger partial charge is 0.0438 e. The van der Waals surface area contributed by atoms with Crippen LogP contribution in [0.1, 0.15) is 25.0 Å². The van der Waals surface area contributed by atoms with Crippen LogP contribution in [0.4, 0.5) is 0 Å². The van der Waals surface area contributed by atoms with Gasteiger partial charge in [-0.05, 0) is 38.8 Å². The summed E-state index contributed by atoms with van der Waals surface area (Å²) in [7, 11) is 0. The van der Waals surface area contributed by atoms with Crippen LogP contribution in [0.5, 0.6) is 0 Å². The summed E-state index contributed by atoms with van der Waals surface area (Å²) in [5.74, 6) is 0. The standard InChI is InChI=1S/C11H16ClN/c1-8-4-5-10(12)9(6-8)7-11(2,3)13/h4-6H,7,13H2,1-3H3. The molecule has 1 aromatic rings. The Kier molecular flexibility index (Phi) is 2.99. The number of hydrogen-bond acceptors (Lipinski definition) is 1. The molecule has 0 heterocycles. The summed E-state index contributed by atoms with van der Waals surface area (Å²) in [5, 5.41) is 0.809. The Morgan fingerprint density at radius 1 is 1.38 bits per heavy atom. The van der Waals surface area contributed by atoms with Crippen LogP contribution < -0.4 is 5.73 Å². The minimum atomic E-state index is -0.197. The van der Waals surface area contributed by atoms with E-state index in [4.69, 9.17) is 17.3 Å². The maximum Gasteiger partial charge on any atom is 0.0438 e. The molecule has 72 valence electrons. The summed E-state index contributed by atoms with van der Waals surface area (Å²) >= 11 is 6.05. The van der Waals surface area contributed by atoms with E-state index >= 15 is 0 Å². The third-order valence-electron chi connectivity index (χ3n) is 1.85. The number of hydrogen-bond donors (Lipinski definition) is 1. The Balaban J connectivity index is 2.94. The van der Waals surface area contributed by atoms with E-state index in [2.05, 4.69) is 13.0 Å². The molecule has 2 heteroatoms. The fraction of sp³-hybridized carbons (Fsp3) is 0.455. The summed E-state index contributed by atoms with van der Waals surface area (Å²) in [6, 6.07) is 6.03. The topological polar surface area (TPSA) is 26.0 Å². The van der Waals surface area contributed by atoms with Crippen molar-refractivity contribution >= 4 is 11.6 Å². The first-order valence-corrected chi connectivity index (χ1v) is 4.80. The lowest BCUT2D eigenvalue weighted by atomic mass is 9.95. The second kappa shape index (κ2) is 3.69. The molecule has 0 aliphatic rings. The summed E-state index contributed by atoms with van der Waals surface area (Å²) in [5.41, 5.74) is 8.09. The van der Waals surface area contributed by atoms with E-state index in [-0.39, 0.29) is 5.54 Å². The molecule has 0 fully saturated rings. The van der Waals surface area contributed by atoms with Crippen molar-refractivity contribution < 1.29 is 0 Å². The van der Waals surface area contributed by atoms with Gasteiger partial charge < -0.3 is 5.73 Å². The zero-order valence-electron chi connectivity index (χ0n) is 8.39. The molecule has 0 bridgehead atoms. The molecule has 1 aromatic carbocycles. The zero-order chi connectivity index (χ0) is 10.1. The van der Waals surface area contributed by atoms with Crippen molar-refractivity contribution in [2.24, 2.45) is 5.73 Å². The van der Waals surface area contributed by atoms with Gasteiger partial charge in [-0.15, -0.1) is 0 Å². The van der Waals surface area contributed by atoms with Crippen molar-refractivity contribution in [3.05, 3.63) is 34.3 Å². The molecular weight excluding hydrogens is 182 g/mol. The van der Waals surface area contributed by atoms with E-state index in [0.29, 0.717) is 0 Å². The number of nitrogens with two attached hydrogens (primary N) is 1. The highest BCUT2D eigenvalue weighted by atomic mass is 35.5. The predicted octanol–water partition coefficient (Wildman–Crippen LogP) is 2.93. The van der Waals surface area contributed by atoms with Crippen LogP contribution in [0.3, 0.4) is 0 Å². The highest BCUT2D eigenvalue weighted by Crippen LogP contribution is 2.21. The van der Waals surface area contributed by atoms with Crippen molar-refractivity contribution in [3.63, 3.8) is 0 Å². The summed E-state index contributed by atoms with van der Waals surface area (Å²) < 4.78 is 0. The van der Waals surface area contributed by atoms with Gasteiger partial charge in [0.05, 0.1) is 0 Å². The molecule has 2 N–H and O–H groups in total. The maximum absolute atomic E-state index is 6.05. The van der Waals surface area contributed by atoms with Crippen LogP contribution in [0.2, 0.25) is 5.02 Å². The normalized spacial score (nSPS) is 11.8. The quantitative estimate of drug-likeness (QED) is 0.775. The van der Waals surface area contributed by atoms with Gasteiger partial charge in [0.1, 0.15) is 0 Å². The van der Waals surface area contributed by atoms with E-state index in [1.54, 1.807) is 0 Å². The van der Waals surface area contributed by atoms with Crippen molar-refractivity contribution in [2.75, 3.05) is 0 Å². The van der Waals surface area contributed by atoms with Gasteiger partial charge in [0, 0.05) is 10.6 Å². The number of halogens is 1. The van der Waals surface area contributed by atoms with E-state index in [1.165, 1.54) is 5.56 Å². The molecule has 0 unspecified atom stereocenters. The lowest BCUT2D eigenvalue weighted by molar-refractivity contribution is 0.517. The molecule has 0 aliphatic heterocycles. The molecule has 1 rings (SSSR count). The second-order valence-corrected chi connectivity index (χ2v) is 4.67. The molecule has 0 amide bonds. The van der Waals surface area contributed by atoms with Crippen LogP contribution in [-0.4, -0.2) is 5.54 Å². The average Bonchev–Trinajstić information content (AvgIpc) is 1.94. The maximum atomic E-state index is 6.05. The summed E-state index contributed by atoms with van der Waals surface area (Å²) in [6.45, 7) is 6.07. The molecule has 0 spiro atoms. The van der Waals surface area contributed by atoms with E-state index in [9.17, 15) is 0 Å². The Labute approximate surface area is 84.9 Å². The number of aryl methyl sites for hydroxylation is 1. The molecule has 0 radical (unpaired) electrons. The van der Waals surface area contributed by atoms with Crippen molar-refractivity contribution in [3.8, 4) is 0 Å². The van der Waals surface area contributed by atoms with Gasteiger partial charge in [0.25, 0.3) is 0 Å². The average molecular weight is 198 g/mol. The van der Waals surface area contributed by atoms with Gasteiger partial charge >= 0.3 is 0 Å². The fourth-order valence-corrected chi connectivity index (χ4v) is 1.51. The molecular formula is C11H16ClN. The van der Waals surface area contributed by atoms with Crippen LogP contribution in [0.15, 0.2) is 18.2 Å². The molecule has 0 aliphatic carbocycles. The van der Waals surface area contributed by atoms with Gasteiger partial charge in [-0.25, -0.2) is 0 Å². The van der Waals surface area contributed by atoms with Gasteiger partial charge in [0.2, 0.25) is 0 Å². The van der Waals surface area contributed by atoms with E-state index < -0.39 is 0 Å². The van der Waals surface area contributed by atoms with Gasteiger partial charge in [0.15, 0.2) is 0 Å². The van der Waals surface area contributed by atoms with Gasteiger partial charge in [-0.2, -0.15) is 0 Å². The van der Waals surface area contributed by atoms with Crippen molar-refractivity contribution in [2.45, 2.75) is 32.7 Å².